The Labute approximate surface area is 123 Å². The molecular weight excluding hydrogens is 270 g/mol. The summed E-state index contributed by atoms with van der Waals surface area (Å²) >= 11 is 1.57. The molecule has 2 unspecified atom stereocenters. The molecule has 0 saturated carbocycles. The number of amides is 1. The van der Waals surface area contributed by atoms with Crippen LogP contribution in [0.25, 0.3) is 0 Å². The molecule has 1 heterocycles. The molecule has 2 N–H and O–H groups in total. The van der Waals surface area contributed by atoms with Gasteiger partial charge in [-0.15, -0.1) is 11.3 Å². The van der Waals surface area contributed by atoms with E-state index in [1.165, 1.54) is 0 Å². The molecular formula is C16H19NO2S. The van der Waals surface area contributed by atoms with E-state index in [4.69, 9.17) is 0 Å². The zero-order valence-corrected chi connectivity index (χ0v) is 12.3. The summed E-state index contributed by atoms with van der Waals surface area (Å²) in [5, 5.41) is 14.9. The largest absolute Gasteiger partial charge is 0.391 e. The first kappa shape index (κ1) is 14.8. The summed E-state index contributed by atoms with van der Waals surface area (Å²) in [7, 11) is 0. The second kappa shape index (κ2) is 7.22. The lowest BCUT2D eigenvalue weighted by molar-refractivity contribution is -0.121. The van der Waals surface area contributed by atoms with Gasteiger partial charge >= 0.3 is 0 Å². The Kier molecular flexibility index (Phi) is 5.32. The normalized spacial score (nSPS) is 13.7. The number of carbonyl (C=O) groups excluding carboxylic acids is 1. The molecule has 1 aromatic carbocycles. The second-order valence-corrected chi connectivity index (χ2v) is 5.90. The molecule has 2 rings (SSSR count). The number of hydrogen-bond acceptors (Lipinski definition) is 3. The van der Waals surface area contributed by atoms with Crippen molar-refractivity contribution in [1.29, 1.82) is 0 Å². The van der Waals surface area contributed by atoms with Gasteiger partial charge in [0.25, 0.3) is 0 Å². The lowest BCUT2D eigenvalue weighted by atomic mass is 10.0. The van der Waals surface area contributed by atoms with Crippen molar-refractivity contribution in [3.05, 3.63) is 58.3 Å². The molecule has 0 fully saturated rings. The minimum Gasteiger partial charge on any atom is -0.391 e. The van der Waals surface area contributed by atoms with Crippen LogP contribution in [0.2, 0.25) is 0 Å². The number of thiophene rings is 1. The maximum Gasteiger partial charge on any atom is 0.225 e. The Morgan fingerprint density at radius 3 is 2.65 bits per heavy atom. The van der Waals surface area contributed by atoms with Crippen LogP contribution >= 0.6 is 11.3 Å². The van der Waals surface area contributed by atoms with Gasteiger partial charge in [0, 0.05) is 11.3 Å². The molecule has 3 nitrogen and oxygen atoms in total. The lowest BCUT2D eigenvalue weighted by Gasteiger charge is -2.20. The van der Waals surface area contributed by atoms with Gasteiger partial charge in [0.15, 0.2) is 0 Å². The number of benzene rings is 1. The molecule has 2 atom stereocenters. The fourth-order valence-electron chi connectivity index (χ4n) is 2.00. The second-order valence-electron chi connectivity index (χ2n) is 4.87. The molecule has 0 spiro atoms. The summed E-state index contributed by atoms with van der Waals surface area (Å²) in [6.45, 7) is 1.83. The first-order chi connectivity index (χ1) is 9.65. The van der Waals surface area contributed by atoms with E-state index >= 15 is 0 Å². The monoisotopic (exact) mass is 289 g/mol. The van der Waals surface area contributed by atoms with Crippen molar-refractivity contribution in [1.82, 2.24) is 5.32 Å². The van der Waals surface area contributed by atoms with E-state index in [9.17, 15) is 9.90 Å². The van der Waals surface area contributed by atoms with Crippen molar-refractivity contribution in [2.75, 3.05) is 0 Å². The fraction of sp³-hybridized carbons (Fsp3) is 0.312. The third kappa shape index (κ3) is 4.47. The van der Waals surface area contributed by atoms with Gasteiger partial charge < -0.3 is 10.4 Å². The first-order valence-electron chi connectivity index (χ1n) is 6.69. The van der Waals surface area contributed by atoms with Crippen LogP contribution in [0.4, 0.5) is 0 Å². The van der Waals surface area contributed by atoms with Crippen molar-refractivity contribution < 1.29 is 9.90 Å². The summed E-state index contributed by atoms with van der Waals surface area (Å²) in [6.07, 6.45) is 0.339. The number of aliphatic hydroxyl groups excluding tert-OH is 1. The highest BCUT2D eigenvalue weighted by atomic mass is 32.1. The molecule has 1 amide bonds. The molecule has 0 aliphatic rings. The van der Waals surface area contributed by atoms with Crippen molar-refractivity contribution >= 4 is 17.2 Å². The van der Waals surface area contributed by atoms with E-state index in [0.29, 0.717) is 12.8 Å². The number of carbonyl (C=O) groups is 1. The Bertz CT molecular complexity index is 525. The van der Waals surface area contributed by atoms with E-state index < -0.39 is 6.10 Å². The quantitative estimate of drug-likeness (QED) is 0.858. The molecule has 0 aliphatic carbocycles. The average molecular weight is 289 g/mol. The Morgan fingerprint density at radius 1 is 1.25 bits per heavy atom. The molecule has 20 heavy (non-hydrogen) atoms. The van der Waals surface area contributed by atoms with Crippen molar-refractivity contribution in [2.24, 2.45) is 0 Å². The first-order valence-corrected chi connectivity index (χ1v) is 7.57. The zero-order chi connectivity index (χ0) is 14.4. The van der Waals surface area contributed by atoms with Crippen LogP contribution in [0.1, 0.15) is 17.4 Å². The van der Waals surface area contributed by atoms with Gasteiger partial charge in [-0.2, -0.15) is 0 Å². The Hall–Kier alpha value is -1.65. The third-order valence-electron chi connectivity index (χ3n) is 3.17. The number of rotatable bonds is 6. The van der Waals surface area contributed by atoms with Crippen molar-refractivity contribution in [3.63, 3.8) is 0 Å². The van der Waals surface area contributed by atoms with E-state index in [0.717, 1.165) is 10.4 Å². The predicted molar refractivity (Wildman–Crippen MR) is 81.8 cm³/mol. The highest BCUT2D eigenvalue weighted by Crippen LogP contribution is 2.10. The van der Waals surface area contributed by atoms with Gasteiger partial charge in [0.05, 0.1) is 18.6 Å². The van der Waals surface area contributed by atoms with Crippen LogP contribution in [0.5, 0.6) is 0 Å². The van der Waals surface area contributed by atoms with Gasteiger partial charge in [-0.3, -0.25) is 4.79 Å². The van der Waals surface area contributed by atoms with E-state index in [1.54, 1.807) is 11.3 Å². The lowest BCUT2D eigenvalue weighted by Crippen LogP contribution is -2.42. The summed E-state index contributed by atoms with van der Waals surface area (Å²) in [5.41, 5.74) is 1.07. The van der Waals surface area contributed by atoms with Crippen LogP contribution in [0.3, 0.4) is 0 Å². The van der Waals surface area contributed by atoms with Gasteiger partial charge in [-0.05, 0) is 23.9 Å². The highest BCUT2D eigenvalue weighted by molar-refractivity contribution is 7.10. The average Bonchev–Trinajstić information content (AvgIpc) is 2.92. The minimum absolute atomic E-state index is 0.0490. The molecule has 1 aromatic heterocycles. The van der Waals surface area contributed by atoms with E-state index in [-0.39, 0.29) is 11.9 Å². The Balaban J connectivity index is 1.81. The van der Waals surface area contributed by atoms with Crippen LogP contribution in [-0.2, 0) is 17.6 Å². The molecule has 0 radical (unpaired) electrons. The maximum absolute atomic E-state index is 11.9. The third-order valence-corrected chi connectivity index (χ3v) is 4.04. The molecule has 2 aromatic rings. The molecule has 106 valence electrons. The predicted octanol–water partition coefficient (Wildman–Crippen LogP) is 2.40. The topological polar surface area (TPSA) is 49.3 Å². The van der Waals surface area contributed by atoms with Crippen LogP contribution in [0.15, 0.2) is 47.8 Å². The SMILES string of the molecule is CC(NC(=O)Cc1cccs1)C(O)Cc1ccccc1. The van der Waals surface area contributed by atoms with Crippen LogP contribution in [-0.4, -0.2) is 23.2 Å². The fourth-order valence-corrected chi connectivity index (χ4v) is 2.71. The van der Waals surface area contributed by atoms with Crippen molar-refractivity contribution in [2.45, 2.75) is 31.9 Å². The standard InChI is InChI=1S/C16H19NO2S/c1-12(15(18)10-13-6-3-2-4-7-13)17-16(19)11-14-8-5-9-20-14/h2-9,12,15,18H,10-11H2,1H3,(H,17,19). The smallest absolute Gasteiger partial charge is 0.225 e. The number of nitrogens with one attached hydrogen (secondary N) is 1. The molecule has 0 saturated heterocycles. The summed E-state index contributed by atoms with van der Waals surface area (Å²) in [6, 6.07) is 13.4. The van der Waals surface area contributed by atoms with Crippen LogP contribution in [0, 0.1) is 0 Å². The number of aliphatic hydroxyl groups is 1. The highest BCUT2D eigenvalue weighted by Gasteiger charge is 2.17. The molecule has 0 bridgehead atoms. The van der Waals surface area contributed by atoms with Gasteiger partial charge in [0.2, 0.25) is 5.91 Å². The van der Waals surface area contributed by atoms with E-state index in [1.807, 2.05) is 54.8 Å². The summed E-state index contributed by atoms with van der Waals surface area (Å²) in [4.78, 5) is 12.9. The van der Waals surface area contributed by atoms with E-state index in [2.05, 4.69) is 5.32 Å². The summed E-state index contributed by atoms with van der Waals surface area (Å²) < 4.78 is 0. The van der Waals surface area contributed by atoms with Crippen molar-refractivity contribution in [3.8, 4) is 0 Å². The maximum atomic E-state index is 11.9. The van der Waals surface area contributed by atoms with Crippen LogP contribution < -0.4 is 5.32 Å². The zero-order valence-electron chi connectivity index (χ0n) is 11.5. The molecule has 0 aliphatic heterocycles. The Morgan fingerprint density at radius 2 is 2.00 bits per heavy atom. The number of hydrogen-bond donors (Lipinski definition) is 2. The van der Waals surface area contributed by atoms with Gasteiger partial charge in [0.1, 0.15) is 0 Å². The summed E-state index contributed by atoms with van der Waals surface area (Å²) in [5.74, 6) is -0.0490. The molecule has 4 heteroatoms. The minimum atomic E-state index is -0.579. The van der Waals surface area contributed by atoms with Gasteiger partial charge in [-0.25, -0.2) is 0 Å². The van der Waals surface area contributed by atoms with Gasteiger partial charge in [-0.1, -0.05) is 36.4 Å².